The van der Waals surface area contributed by atoms with Gasteiger partial charge in [-0.2, -0.15) is 10.2 Å². The van der Waals surface area contributed by atoms with Crippen LogP contribution in [0.5, 0.6) is 0 Å². The SMILES string of the molecule is Cn1cc(-c2cnc3c(-c4csc(C(=O)NC5CCCC5O)c4)cnn3c2)cn1. The van der Waals surface area contributed by atoms with Crippen molar-refractivity contribution in [3.8, 4) is 22.3 Å². The average Bonchev–Trinajstić information content (AvgIpc) is 3.48. The number of amides is 1. The second-order valence-electron chi connectivity index (χ2n) is 7.35. The Balaban J connectivity index is 1.40. The zero-order valence-electron chi connectivity index (χ0n) is 15.8. The summed E-state index contributed by atoms with van der Waals surface area (Å²) in [4.78, 5) is 17.7. The summed E-state index contributed by atoms with van der Waals surface area (Å²) >= 11 is 1.38. The molecule has 2 unspecified atom stereocenters. The van der Waals surface area contributed by atoms with Gasteiger partial charge in [-0.25, -0.2) is 9.50 Å². The third-order valence-electron chi connectivity index (χ3n) is 5.32. The van der Waals surface area contributed by atoms with E-state index in [2.05, 4.69) is 20.5 Å². The Kier molecular flexibility index (Phi) is 4.40. The summed E-state index contributed by atoms with van der Waals surface area (Å²) in [6.07, 6.45) is 11.3. The molecule has 5 rings (SSSR count). The van der Waals surface area contributed by atoms with E-state index in [-0.39, 0.29) is 11.9 Å². The van der Waals surface area contributed by atoms with E-state index in [1.807, 2.05) is 30.9 Å². The maximum atomic E-state index is 12.5. The summed E-state index contributed by atoms with van der Waals surface area (Å²) < 4.78 is 3.49. The highest BCUT2D eigenvalue weighted by molar-refractivity contribution is 7.12. The lowest BCUT2D eigenvalue weighted by molar-refractivity contribution is 0.0877. The van der Waals surface area contributed by atoms with Crippen molar-refractivity contribution < 1.29 is 9.90 Å². The zero-order chi connectivity index (χ0) is 20.0. The van der Waals surface area contributed by atoms with E-state index < -0.39 is 6.10 Å². The number of hydrogen-bond donors (Lipinski definition) is 2. The lowest BCUT2D eigenvalue weighted by Crippen LogP contribution is -2.39. The zero-order valence-corrected chi connectivity index (χ0v) is 16.6. The molecule has 0 aromatic carbocycles. The third kappa shape index (κ3) is 3.32. The predicted octanol–water partition coefficient (Wildman–Crippen LogP) is 2.50. The topological polar surface area (TPSA) is 97.3 Å². The maximum absolute atomic E-state index is 12.5. The van der Waals surface area contributed by atoms with Crippen LogP contribution in [0.1, 0.15) is 28.9 Å². The number of aliphatic hydroxyl groups excluding tert-OH is 1. The molecule has 2 N–H and O–H groups in total. The van der Waals surface area contributed by atoms with E-state index >= 15 is 0 Å². The minimum absolute atomic E-state index is 0.143. The second kappa shape index (κ2) is 7.09. The largest absolute Gasteiger partial charge is 0.391 e. The Morgan fingerprint density at radius 2 is 2.03 bits per heavy atom. The summed E-state index contributed by atoms with van der Waals surface area (Å²) in [5.41, 5.74) is 4.42. The number of aryl methyl sites for hydroxylation is 1. The molecule has 1 amide bonds. The minimum Gasteiger partial charge on any atom is -0.391 e. The normalized spacial score (nSPS) is 19.1. The number of nitrogens with one attached hydrogen (secondary N) is 1. The summed E-state index contributed by atoms with van der Waals surface area (Å²) in [6.45, 7) is 0. The molecule has 0 radical (unpaired) electrons. The molecule has 1 saturated carbocycles. The van der Waals surface area contributed by atoms with Gasteiger partial charge in [0.15, 0.2) is 5.65 Å². The molecule has 2 atom stereocenters. The van der Waals surface area contributed by atoms with Crippen molar-refractivity contribution >= 4 is 22.9 Å². The molecule has 0 aliphatic heterocycles. The van der Waals surface area contributed by atoms with Crippen LogP contribution in [-0.2, 0) is 7.05 Å². The fourth-order valence-electron chi connectivity index (χ4n) is 3.74. The minimum atomic E-state index is -0.448. The number of carbonyl (C=O) groups excluding carboxylic acids is 1. The van der Waals surface area contributed by atoms with Gasteiger partial charge in [0.2, 0.25) is 0 Å². The Morgan fingerprint density at radius 3 is 2.79 bits per heavy atom. The first kappa shape index (κ1) is 18.0. The number of aromatic nitrogens is 5. The van der Waals surface area contributed by atoms with Crippen LogP contribution in [-0.4, -0.2) is 47.5 Å². The van der Waals surface area contributed by atoms with Crippen molar-refractivity contribution in [1.82, 2.24) is 29.7 Å². The summed E-state index contributed by atoms with van der Waals surface area (Å²) in [6, 6.07) is 1.70. The Bertz CT molecular complexity index is 1190. The van der Waals surface area contributed by atoms with Crippen molar-refractivity contribution in [2.45, 2.75) is 31.4 Å². The van der Waals surface area contributed by atoms with Crippen molar-refractivity contribution in [3.63, 3.8) is 0 Å². The molecular weight excluding hydrogens is 388 g/mol. The summed E-state index contributed by atoms with van der Waals surface area (Å²) in [5, 5.41) is 23.4. The molecule has 0 saturated heterocycles. The van der Waals surface area contributed by atoms with Crippen LogP contribution < -0.4 is 5.32 Å². The lowest BCUT2D eigenvalue weighted by atomic mass is 10.1. The van der Waals surface area contributed by atoms with Crippen LogP contribution in [0.15, 0.2) is 42.4 Å². The van der Waals surface area contributed by atoms with E-state index in [0.717, 1.165) is 47.2 Å². The first-order valence-electron chi connectivity index (χ1n) is 9.49. The lowest BCUT2D eigenvalue weighted by Gasteiger charge is -2.15. The highest BCUT2D eigenvalue weighted by Crippen LogP contribution is 2.30. The van der Waals surface area contributed by atoms with Gasteiger partial charge in [0.1, 0.15) is 0 Å². The van der Waals surface area contributed by atoms with E-state index in [1.165, 1.54) is 11.3 Å². The molecule has 9 heteroatoms. The molecule has 4 aromatic rings. The smallest absolute Gasteiger partial charge is 0.261 e. The molecular formula is C20H20N6O2S. The number of hydrogen-bond acceptors (Lipinski definition) is 6. The Hall–Kier alpha value is -3.04. The molecule has 29 heavy (non-hydrogen) atoms. The Morgan fingerprint density at radius 1 is 1.17 bits per heavy atom. The van der Waals surface area contributed by atoms with E-state index in [9.17, 15) is 9.90 Å². The van der Waals surface area contributed by atoms with Gasteiger partial charge in [-0.15, -0.1) is 11.3 Å². The highest BCUT2D eigenvalue weighted by Gasteiger charge is 2.27. The summed E-state index contributed by atoms with van der Waals surface area (Å²) in [7, 11) is 1.87. The van der Waals surface area contributed by atoms with Gasteiger partial charge in [-0.05, 0) is 36.3 Å². The van der Waals surface area contributed by atoms with Crippen LogP contribution in [0.25, 0.3) is 27.9 Å². The number of aliphatic hydroxyl groups is 1. The first-order valence-corrected chi connectivity index (χ1v) is 10.4. The number of fused-ring (bicyclic) bond motifs is 1. The van der Waals surface area contributed by atoms with Crippen LogP contribution in [0.2, 0.25) is 0 Å². The van der Waals surface area contributed by atoms with Gasteiger partial charge >= 0.3 is 0 Å². The molecule has 148 valence electrons. The van der Waals surface area contributed by atoms with E-state index in [4.69, 9.17) is 0 Å². The number of rotatable bonds is 4. The summed E-state index contributed by atoms with van der Waals surface area (Å²) in [5.74, 6) is -0.143. The third-order valence-corrected chi connectivity index (χ3v) is 6.25. The van der Waals surface area contributed by atoms with Gasteiger partial charge in [-0.3, -0.25) is 9.48 Å². The molecule has 1 aliphatic rings. The maximum Gasteiger partial charge on any atom is 0.261 e. The first-order chi connectivity index (χ1) is 14.1. The number of carbonyl (C=O) groups is 1. The predicted molar refractivity (Wildman–Crippen MR) is 110 cm³/mol. The van der Waals surface area contributed by atoms with Gasteiger partial charge in [0.05, 0.1) is 29.4 Å². The Labute approximate surface area is 170 Å². The van der Waals surface area contributed by atoms with Crippen molar-refractivity contribution in [1.29, 1.82) is 0 Å². The van der Waals surface area contributed by atoms with Crippen molar-refractivity contribution in [3.05, 3.63) is 47.3 Å². The quantitative estimate of drug-likeness (QED) is 0.541. The van der Waals surface area contributed by atoms with E-state index in [1.54, 1.807) is 27.8 Å². The number of nitrogens with zero attached hydrogens (tertiary/aromatic N) is 5. The fraction of sp³-hybridized carbons (Fsp3) is 0.300. The second-order valence-corrected chi connectivity index (χ2v) is 8.26. The highest BCUT2D eigenvalue weighted by atomic mass is 32.1. The molecule has 4 heterocycles. The monoisotopic (exact) mass is 408 g/mol. The van der Waals surface area contributed by atoms with E-state index in [0.29, 0.717) is 4.88 Å². The fourth-order valence-corrected chi connectivity index (χ4v) is 4.55. The van der Waals surface area contributed by atoms with Crippen molar-refractivity contribution in [2.75, 3.05) is 0 Å². The van der Waals surface area contributed by atoms with Gasteiger partial charge in [0.25, 0.3) is 5.91 Å². The molecule has 0 spiro atoms. The molecule has 1 fully saturated rings. The number of thiophene rings is 1. The molecule has 1 aliphatic carbocycles. The average molecular weight is 408 g/mol. The van der Waals surface area contributed by atoms with Crippen LogP contribution in [0, 0.1) is 0 Å². The van der Waals surface area contributed by atoms with Crippen LogP contribution in [0.4, 0.5) is 0 Å². The van der Waals surface area contributed by atoms with Crippen LogP contribution >= 0.6 is 11.3 Å². The van der Waals surface area contributed by atoms with Gasteiger partial charge < -0.3 is 10.4 Å². The van der Waals surface area contributed by atoms with Crippen molar-refractivity contribution in [2.24, 2.45) is 7.05 Å². The standard InChI is InChI=1S/C20H20N6O2S/c1-25-9-14(7-22-25)13-6-21-19-15(8-23-26(19)10-13)12-5-18(29-11-12)20(28)24-16-3-2-4-17(16)27/h5-11,16-17,27H,2-4H2,1H3,(H,24,28). The van der Waals surface area contributed by atoms with Crippen LogP contribution in [0.3, 0.4) is 0 Å². The molecule has 4 aromatic heterocycles. The van der Waals surface area contributed by atoms with Gasteiger partial charge in [0, 0.05) is 42.3 Å². The van der Waals surface area contributed by atoms with Gasteiger partial charge in [-0.1, -0.05) is 0 Å². The molecule has 0 bridgehead atoms. The molecule has 8 nitrogen and oxygen atoms in total.